The van der Waals surface area contributed by atoms with Gasteiger partial charge in [0.2, 0.25) is 6.79 Å². The second kappa shape index (κ2) is 10.2. The summed E-state index contributed by atoms with van der Waals surface area (Å²) in [5, 5.41) is 15.1. The Morgan fingerprint density at radius 3 is 2.67 bits per heavy atom. The van der Waals surface area contributed by atoms with Crippen molar-refractivity contribution in [1.29, 1.82) is 0 Å². The molecule has 1 saturated heterocycles. The van der Waals surface area contributed by atoms with Crippen LogP contribution in [0.2, 0.25) is 0 Å². The lowest BCUT2D eigenvalue weighted by Gasteiger charge is -2.28. The number of pyridine rings is 2. The van der Waals surface area contributed by atoms with Crippen molar-refractivity contribution in [2.75, 3.05) is 33.0 Å². The number of rotatable bonds is 7. The lowest BCUT2D eigenvalue weighted by atomic mass is 9.90. The maximum Gasteiger partial charge on any atom is 0.313 e. The lowest BCUT2D eigenvalue weighted by Crippen LogP contribution is -2.40. The van der Waals surface area contributed by atoms with Crippen molar-refractivity contribution >= 4 is 16.9 Å². The Hall–Kier alpha value is -3.47. The van der Waals surface area contributed by atoms with E-state index in [-0.39, 0.29) is 24.9 Å². The van der Waals surface area contributed by atoms with E-state index in [2.05, 4.69) is 10.2 Å². The van der Waals surface area contributed by atoms with Crippen LogP contribution in [0.5, 0.6) is 11.5 Å². The van der Waals surface area contributed by atoms with Crippen LogP contribution in [0.15, 0.2) is 23.0 Å². The number of aliphatic hydroxyl groups excluding tert-OH is 1. The predicted molar refractivity (Wildman–Crippen MR) is 147 cm³/mol. The normalized spacial score (nSPS) is 20.2. The summed E-state index contributed by atoms with van der Waals surface area (Å²) in [7, 11) is 0. The maximum absolute atomic E-state index is 13.7. The number of fused-ring (bicyclic) bond motifs is 6. The van der Waals surface area contributed by atoms with Gasteiger partial charge in [-0.1, -0.05) is 13.3 Å². The Morgan fingerprint density at radius 1 is 1.07 bits per heavy atom. The number of esters is 1. The first kappa shape index (κ1) is 25.5. The molecule has 2 N–H and O–H groups in total. The van der Waals surface area contributed by atoms with E-state index in [1.807, 2.05) is 25.1 Å². The minimum atomic E-state index is -0.477. The van der Waals surface area contributed by atoms with Crippen molar-refractivity contribution in [1.82, 2.24) is 19.8 Å². The molecule has 4 aliphatic heterocycles. The van der Waals surface area contributed by atoms with Gasteiger partial charge in [-0.3, -0.25) is 9.59 Å². The van der Waals surface area contributed by atoms with Crippen molar-refractivity contribution in [3.05, 3.63) is 50.8 Å². The third kappa shape index (κ3) is 4.25. The number of hydrogen-bond acceptors (Lipinski definition) is 9. The average molecular weight is 547 g/mol. The van der Waals surface area contributed by atoms with Crippen LogP contribution in [0.3, 0.4) is 0 Å². The standard InChI is InChI=1S/C30H34N4O6/c1-2-18-19-8-25-28-22(14-34(25)29(36)23(19)15-38-30(18)37)21(12-31-11-17(35)13-33-6-4-3-5-7-33)20-9-26-27(40-16-39-26)10-24(20)32-28/h8-10,17-18,31,35H,2-7,11-16H2,1H3. The van der Waals surface area contributed by atoms with E-state index in [0.717, 1.165) is 52.1 Å². The van der Waals surface area contributed by atoms with Crippen LogP contribution in [0.1, 0.15) is 60.8 Å². The quantitative estimate of drug-likeness (QED) is 0.338. The van der Waals surface area contributed by atoms with Gasteiger partial charge in [0.15, 0.2) is 11.5 Å². The fourth-order valence-corrected chi connectivity index (χ4v) is 6.64. The van der Waals surface area contributed by atoms with Gasteiger partial charge in [0.1, 0.15) is 6.61 Å². The smallest absolute Gasteiger partial charge is 0.313 e. The third-order valence-corrected chi connectivity index (χ3v) is 8.72. The highest BCUT2D eigenvalue weighted by Crippen LogP contribution is 2.42. The highest BCUT2D eigenvalue weighted by Gasteiger charge is 2.35. The van der Waals surface area contributed by atoms with Gasteiger partial charge in [0.25, 0.3) is 5.56 Å². The van der Waals surface area contributed by atoms with Crippen LogP contribution in [0, 0.1) is 0 Å². The van der Waals surface area contributed by atoms with Crippen molar-refractivity contribution in [2.45, 2.75) is 64.3 Å². The predicted octanol–water partition coefficient (Wildman–Crippen LogP) is 2.64. The molecule has 0 aliphatic carbocycles. The molecule has 4 aliphatic rings. The van der Waals surface area contributed by atoms with E-state index in [0.29, 0.717) is 49.7 Å². The molecular formula is C30H34N4O6. The zero-order chi connectivity index (χ0) is 27.4. The summed E-state index contributed by atoms with van der Waals surface area (Å²) in [6.45, 7) is 6.17. The van der Waals surface area contributed by atoms with E-state index in [1.165, 1.54) is 19.3 Å². The number of β-amino-alcohol motifs (C(OH)–C–C–N with tert-alkyl or cyclic N) is 1. The fourth-order valence-electron chi connectivity index (χ4n) is 6.64. The van der Waals surface area contributed by atoms with Gasteiger partial charge in [0.05, 0.1) is 41.0 Å². The second-order valence-corrected chi connectivity index (χ2v) is 11.2. The molecule has 0 amide bonds. The molecule has 7 rings (SSSR count). The Kier molecular flexibility index (Phi) is 6.48. The van der Waals surface area contributed by atoms with Gasteiger partial charge in [-0.25, -0.2) is 4.98 Å². The van der Waals surface area contributed by atoms with Gasteiger partial charge < -0.3 is 34.1 Å². The summed E-state index contributed by atoms with van der Waals surface area (Å²) in [6.07, 6.45) is 3.73. The number of aliphatic hydroxyl groups is 1. The fraction of sp³-hybridized carbons (Fsp3) is 0.500. The molecule has 6 heterocycles. The number of hydrogen-bond donors (Lipinski definition) is 2. The Bertz CT molecular complexity index is 1560. The summed E-state index contributed by atoms with van der Waals surface area (Å²) in [5.74, 6) is 0.573. The summed E-state index contributed by atoms with van der Waals surface area (Å²) in [6, 6.07) is 5.81. The third-order valence-electron chi connectivity index (χ3n) is 8.72. The summed E-state index contributed by atoms with van der Waals surface area (Å²) in [5.41, 5.74) is 5.35. The summed E-state index contributed by atoms with van der Waals surface area (Å²) < 4.78 is 18.4. The highest BCUT2D eigenvalue weighted by atomic mass is 16.7. The maximum atomic E-state index is 13.7. The number of nitrogens with one attached hydrogen (secondary N) is 1. The number of benzene rings is 1. The number of carbonyl (C=O) groups excluding carboxylic acids is 1. The van der Waals surface area contributed by atoms with E-state index < -0.39 is 12.0 Å². The van der Waals surface area contributed by atoms with Crippen molar-refractivity contribution in [3.8, 4) is 22.9 Å². The van der Waals surface area contributed by atoms with Crippen LogP contribution in [0.4, 0.5) is 0 Å². The monoisotopic (exact) mass is 546 g/mol. The number of likely N-dealkylation sites (tertiary alicyclic amines) is 1. The Morgan fingerprint density at radius 2 is 1.88 bits per heavy atom. The average Bonchev–Trinajstić information content (AvgIpc) is 3.56. The minimum absolute atomic E-state index is 0.000244. The lowest BCUT2D eigenvalue weighted by molar-refractivity contribution is -0.148. The van der Waals surface area contributed by atoms with Crippen LogP contribution in [-0.4, -0.2) is 64.6 Å². The van der Waals surface area contributed by atoms with Gasteiger partial charge in [0, 0.05) is 36.7 Å². The molecule has 1 aromatic carbocycles. The van der Waals surface area contributed by atoms with Crippen LogP contribution in [-0.2, 0) is 29.2 Å². The number of carbonyl (C=O) groups is 1. The molecule has 2 aromatic heterocycles. The molecule has 10 nitrogen and oxygen atoms in total. The number of cyclic esters (lactones) is 1. The molecule has 1 fully saturated rings. The van der Waals surface area contributed by atoms with Crippen molar-refractivity contribution in [3.63, 3.8) is 0 Å². The molecule has 3 aromatic rings. The van der Waals surface area contributed by atoms with E-state index >= 15 is 0 Å². The Balaban J connectivity index is 1.26. The minimum Gasteiger partial charge on any atom is -0.460 e. The molecule has 0 radical (unpaired) electrons. The number of nitrogens with zero attached hydrogens (tertiary/aromatic N) is 3. The van der Waals surface area contributed by atoms with E-state index in [1.54, 1.807) is 4.57 Å². The van der Waals surface area contributed by atoms with Crippen LogP contribution < -0.4 is 20.3 Å². The van der Waals surface area contributed by atoms with Gasteiger partial charge in [-0.05, 0) is 55.6 Å². The zero-order valence-electron chi connectivity index (χ0n) is 22.7. The first-order valence-electron chi connectivity index (χ1n) is 14.3. The SMILES string of the molecule is CCC1C(=O)OCc2c1cc1n(c2=O)Cc2c-1nc1cc3c(cc1c2CNCC(O)CN1CCCCC1)OCO3. The summed E-state index contributed by atoms with van der Waals surface area (Å²) in [4.78, 5) is 33.5. The highest BCUT2D eigenvalue weighted by molar-refractivity contribution is 5.91. The van der Waals surface area contributed by atoms with Gasteiger partial charge in [-0.15, -0.1) is 0 Å². The molecular weight excluding hydrogens is 512 g/mol. The molecule has 2 unspecified atom stereocenters. The molecule has 40 heavy (non-hydrogen) atoms. The number of aromatic nitrogens is 2. The van der Waals surface area contributed by atoms with Crippen molar-refractivity contribution < 1.29 is 24.1 Å². The first-order chi connectivity index (χ1) is 19.5. The molecule has 10 heteroatoms. The Labute approximate surface area is 231 Å². The zero-order valence-corrected chi connectivity index (χ0v) is 22.7. The van der Waals surface area contributed by atoms with Crippen molar-refractivity contribution in [2.24, 2.45) is 0 Å². The molecule has 2 atom stereocenters. The topological polar surface area (TPSA) is 115 Å². The second-order valence-electron chi connectivity index (χ2n) is 11.2. The summed E-state index contributed by atoms with van der Waals surface area (Å²) >= 11 is 0. The van der Waals surface area contributed by atoms with Crippen LogP contribution in [0.25, 0.3) is 22.3 Å². The molecule has 0 bridgehead atoms. The van der Waals surface area contributed by atoms with E-state index in [9.17, 15) is 14.7 Å². The molecule has 0 spiro atoms. The van der Waals surface area contributed by atoms with Gasteiger partial charge >= 0.3 is 5.97 Å². The van der Waals surface area contributed by atoms with Gasteiger partial charge in [-0.2, -0.15) is 0 Å². The number of piperidine rings is 1. The largest absolute Gasteiger partial charge is 0.460 e. The molecule has 210 valence electrons. The van der Waals surface area contributed by atoms with E-state index in [4.69, 9.17) is 19.2 Å². The molecule has 0 saturated carbocycles. The first-order valence-corrected chi connectivity index (χ1v) is 14.3. The van der Waals surface area contributed by atoms with Crippen LogP contribution >= 0.6 is 0 Å². The number of ether oxygens (including phenoxy) is 3.